The first kappa shape index (κ1) is 12.8. The lowest BCUT2D eigenvalue weighted by Crippen LogP contribution is -1.89. The van der Waals surface area contributed by atoms with Gasteiger partial charge in [0.1, 0.15) is 0 Å². The molecule has 0 spiro atoms. The first-order chi connectivity index (χ1) is 6.35. The maximum Gasteiger partial charge on any atom is 0.437 e. The molecule has 0 unspecified atom stereocenters. The van der Waals surface area contributed by atoms with Crippen LogP contribution in [0.2, 0.25) is 0 Å². The van der Waals surface area contributed by atoms with E-state index in [2.05, 4.69) is 9.17 Å². The molecule has 0 saturated carbocycles. The summed E-state index contributed by atoms with van der Waals surface area (Å²) in [5.41, 5.74) is 0. The van der Waals surface area contributed by atoms with Gasteiger partial charge in [0.2, 0.25) is 11.9 Å². The Balaban J connectivity index is 0.000000255. The van der Waals surface area contributed by atoms with Gasteiger partial charge in [-0.2, -0.15) is 22.2 Å². The lowest BCUT2D eigenvalue weighted by Gasteiger charge is -1.83. The molecule has 0 bridgehead atoms. The third-order valence-corrected chi connectivity index (χ3v) is 1.28. The van der Waals surface area contributed by atoms with Gasteiger partial charge in [-0.05, 0) is 12.1 Å². The molecule has 0 N–H and O–H groups in total. The highest BCUT2D eigenvalue weighted by Gasteiger charge is 1.98. The Hall–Kier alpha value is -1.15. The molecule has 1 aromatic heterocycles. The zero-order valence-corrected chi connectivity index (χ0v) is 7.76. The van der Waals surface area contributed by atoms with Crippen molar-refractivity contribution in [3.05, 3.63) is 30.1 Å². The molecule has 1 heterocycles. The van der Waals surface area contributed by atoms with Crippen molar-refractivity contribution < 1.29 is 25.3 Å². The second-order valence-corrected chi connectivity index (χ2v) is 2.96. The van der Waals surface area contributed by atoms with Crippen molar-refractivity contribution in [2.24, 2.45) is 0 Å². The summed E-state index contributed by atoms with van der Waals surface area (Å²) in [6.07, 6.45) is 0. The maximum absolute atomic E-state index is 11.8. The van der Waals surface area contributed by atoms with Crippen molar-refractivity contribution in [1.82, 2.24) is 4.98 Å². The summed E-state index contributed by atoms with van der Waals surface area (Å²) in [4.78, 5) is 2.84. The molecule has 80 valence electrons. The zero-order chi connectivity index (χ0) is 11.2. The molecule has 0 radical (unpaired) electrons. The average Bonchev–Trinajstić information content (AvgIpc) is 2.03. The van der Waals surface area contributed by atoms with Crippen molar-refractivity contribution in [2.45, 2.75) is 0 Å². The summed E-state index contributed by atoms with van der Waals surface area (Å²) in [5, 5.41) is 0. The zero-order valence-electron chi connectivity index (χ0n) is 6.95. The largest absolute Gasteiger partial charge is 0.437 e. The van der Waals surface area contributed by atoms with Crippen molar-refractivity contribution in [2.75, 3.05) is 7.11 Å². The van der Waals surface area contributed by atoms with E-state index in [0.29, 0.717) is 0 Å². The highest BCUT2D eigenvalue weighted by molar-refractivity contribution is 7.81. The minimum Gasteiger partial charge on any atom is -0.248 e. The van der Waals surface area contributed by atoms with Crippen LogP contribution in [-0.2, 0) is 14.7 Å². The molecule has 4 nitrogen and oxygen atoms in total. The van der Waals surface area contributed by atoms with Gasteiger partial charge in [-0.15, -0.1) is 0 Å². The fraction of sp³-hybridized carbons (Fsp3) is 0.167. The first-order valence-corrected chi connectivity index (χ1v) is 4.44. The summed E-state index contributed by atoms with van der Waals surface area (Å²) in [7, 11) is -3.92. The molecule has 0 aliphatic carbocycles. The minimum atomic E-state index is -4.66. The van der Waals surface area contributed by atoms with Gasteiger partial charge in [-0.1, -0.05) is 9.95 Å². The van der Waals surface area contributed by atoms with Crippen molar-refractivity contribution in [3.63, 3.8) is 0 Å². The molecule has 0 atom stereocenters. The van der Waals surface area contributed by atoms with Crippen molar-refractivity contribution in [3.8, 4) is 0 Å². The second-order valence-electron chi connectivity index (χ2n) is 1.84. The summed E-state index contributed by atoms with van der Waals surface area (Å²) in [6, 6.07) is 3.43. The molecule has 0 saturated heterocycles. The average molecular weight is 229 g/mol. The highest BCUT2D eigenvalue weighted by atomic mass is 32.3. The molecular weight excluding hydrogens is 223 g/mol. The number of hydrogen-bond acceptors (Lipinski definition) is 4. The summed E-state index contributed by atoms with van der Waals surface area (Å²) in [6.45, 7) is 0. The van der Waals surface area contributed by atoms with Crippen LogP contribution in [0, 0.1) is 11.9 Å². The van der Waals surface area contributed by atoms with Crippen molar-refractivity contribution >= 4 is 10.5 Å². The van der Waals surface area contributed by atoms with E-state index in [-0.39, 0.29) is 0 Å². The molecule has 14 heavy (non-hydrogen) atoms. The number of hydrogen-bond donors (Lipinski definition) is 0. The second kappa shape index (κ2) is 5.55. The van der Waals surface area contributed by atoms with Gasteiger partial charge in [0.05, 0.1) is 7.11 Å². The molecule has 0 aliphatic heterocycles. The van der Waals surface area contributed by atoms with Gasteiger partial charge < -0.3 is 0 Å². The lowest BCUT2D eigenvalue weighted by atomic mass is 10.5. The molecule has 1 aromatic rings. The highest BCUT2D eigenvalue weighted by Crippen LogP contribution is 1.93. The molecular formula is C6H6F3NO3S. The normalized spacial score (nSPS) is 10.3. The lowest BCUT2D eigenvalue weighted by molar-refractivity contribution is 0.362. The van der Waals surface area contributed by atoms with Crippen LogP contribution in [0.5, 0.6) is 0 Å². The predicted molar refractivity (Wildman–Crippen MR) is 41.2 cm³/mol. The van der Waals surface area contributed by atoms with Gasteiger partial charge in [0.25, 0.3) is 0 Å². The predicted octanol–water partition coefficient (Wildman–Crippen LogP) is 1.21. The van der Waals surface area contributed by atoms with E-state index in [1.807, 2.05) is 0 Å². The van der Waals surface area contributed by atoms with Crippen LogP contribution >= 0.6 is 0 Å². The van der Waals surface area contributed by atoms with E-state index < -0.39 is 22.4 Å². The Bertz CT molecular complexity index is 364. The van der Waals surface area contributed by atoms with Gasteiger partial charge in [0, 0.05) is 0 Å². The number of rotatable bonds is 1. The van der Waals surface area contributed by atoms with Gasteiger partial charge in [-0.25, -0.2) is 4.18 Å². The Labute approximate surface area is 78.8 Å². The maximum atomic E-state index is 11.8. The van der Waals surface area contributed by atoms with Crippen LogP contribution < -0.4 is 0 Å². The van der Waals surface area contributed by atoms with E-state index in [0.717, 1.165) is 19.2 Å². The Morgan fingerprint density at radius 2 is 1.64 bits per heavy atom. The number of nitrogens with zero attached hydrogens (tertiary/aromatic N) is 1. The monoisotopic (exact) mass is 229 g/mol. The molecule has 1 rings (SSSR count). The SMILES string of the molecule is COS(=O)(=O)F.Fc1cccc(F)n1. The summed E-state index contributed by atoms with van der Waals surface area (Å²) < 4.78 is 56.0. The molecule has 8 heteroatoms. The summed E-state index contributed by atoms with van der Waals surface area (Å²) >= 11 is 0. The standard InChI is InChI=1S/C5H3F2N.CH3FO3S/c6-4-2-1-3-5(7)8-4;1-5-6(2,3)4/h1-3H;1H3. The number of aromatic nitrogens is 1. The smallest absolute Gasteiger partial charge is 0.248 e. The third kappa shape index (κ3) is 7.50. The van der Waals surface area contributed by atoms with Gasteiger partial charge in [-0.3, -0.25) is 0 Å². The van der Waals surface area contributed by atoms with Crippen LogP contribution in [0.4, 0.5) is 12.7 Å². The van der Waals surface area contributed by atoms with Crippen LogP contribution in [0.3, 0.4) is 0 Å². The van der Waals surface area contributed by atoms with E-state index in [1.165, 1.54) is 6.07 Å². The van der Waals surface area contributed by atoms with Crippen molar-refractivity contribution in [1.29, 1.82) is 0 Å². The first-order valence-electron chi connectivity index (χ1n) is 3.13. The van der Waals surface area contributed by atoms with Crippen LogP contribution in [0.15, 0.2) is 18.2 Å². The fourth-order valence-electron chi connectivity index (χ4n) is 0.383. The molecule has 0 amide bonds. The van der Waals surface area contributed by atoms with E-state index in [1.54, 1.807) is 0 Å². The Morgan fingerprint density at radius 3 is 1.79 bits per heavy atom. The summed E-state index contributed by atoms with van der Waals surface area (Å²) in [5.74, 6) is -1.57. The Kier molecular flexibility index (Phi) is 5.10. The van der Waals surface area contributed by atoms with Gasteiger partial charge in [0.15, 0.2) is 0 Å². The van der Waals surface area contributed by atoms with Gasteiger partial charge >= 0.3 is 10.5 Å². The minimum absolute atomic E-state index is 0.745. The van der Waals surface area contributed by atoms with E-state index >= 15 is 0 Å². The van der Waals surface area contributed by atoms with Crippen LogP contribution in [0.1, 0.15) is 0 Å². The molecule has 0 aromatic carbocycles. The Morgan fingerprint density at radius 1 is 1.29 bits per heavy atom. The molecule has 0 fully saturated rings. The number of halogens is 3. The molecule has 0 aliphatic rings. The van der Waals surface area contributed by atoms with Crippen LogP contribution in [0.25, 0.3) is 0 Å². The fourth-order valence-corrected chi connectivity index (χ4v) is 0.383. The number of pyridine rings is 1. The topological polar surface area (TPSA) is 56.3 Å². The van der Waals surface area contributed by atoms with Crippen LogP contribution in [-0.4, -0.2) is 20.5 Å². The quantitative estimate of drug-likeness (QED) is 0.536. The third-order valence-electron chi connectivity index (χ3n) is 0.880. The van der Waals surface area contributed by atoms with E-state index in [4.69, 9.17) is 8.42 Å². The van der Waals surface area contributed by atoms with E-state index in [9.17, 15) is 12.7 Å².